The van der Waals surface area contributed by atoms with Gasteiger partial charge in [0.05, 0.1) is 0 Å². The molecule has 0 heterocycles. The fourth-order valence-corrected chi connectivity index (χ4v) is 0. The molecule has 0 unspecified atom stereocenters. The summed E-state index contributed by atoms with van der Waals surface area (Å²) in [5.74, 6) is 0. The van der Waals surface area contributed by atoms with Crippen molar-refractivity contribution in [2.75, 3.05) is 0 Å². The van der Waals surface area contributed by atoms with Crippen LogP contribution in [0.1, 0.15) is 1.43 Å². The molecule has 0 aromatic heterocycles. The zero-order chi connectivity index (χ0) is 4.50. The molecule has 0 fully saturated rings. The summed E-state index contributed by atoms with van der Waals surface area (Å²) in [7, 11) is 0. The van der Waals surface area contributed by atoms with E-state index in [1.165, 1.54) is 0 Å². The van der Waals surface area contributed by atoms with Gasteiger partial charge in [0.15, 0.2) is 0 Å². The van der Waals surface area contributed by atoms with Crippen LogP contribution in [-0.4, -0.2) is 4.19 Å². The third kappa shape index (κ3) is 49.0. The molecule has 0 bridgehead atoms. The Morgan fingerprint density at radius 1 is 1.33 bits per heavy atom. The van der Waals surface area contributed by atoms with Gasteiger partial charge in [-0.05, 0) is 0 Å². The Kier molecular flexibility index (Phi) is 6.13. The van der Waals surface area contributed by atoms with Crippen LogP contribution in [0.5, 0.6) is 0 Å². The molecule has 0 aliphatic rings. The molecule has 0 saturated carbocycles. The molecule has 0 aliphatic heterocycles. The van der Waals surface area contributed by atoms with Crippen LogP contribution in [0.3, 0.4) is 0 Å². The molecular formula is H2KMnO4. The van der Waals surface area contributed by atoms with Crippen LogP contribution in [0.2, 0.25) is 0 Å². The first kappa shape index (κ1) is 10.5. The number of rotatable bonds is 0. The molecule has 6 heteroatoms. The van der Waals surface area contributed by atoms with E-state index in [0.29, 0.717) is 0 Å². The predicted octanol–water partition coefficient (Wildman–Crippen LogP) is -3.80. The Morgan fingerprint density at radius 3 is 1.33 bits per heavy atom. The maximum absolute atomic E-state index is 8.69. The summed E-state index contributed by atoms with van der Waals surface area (Å²) in [5, 5.41) is 0. The van der Waals surface area contributed by atoms with E-state index in [4.69, 9.17) is 15.7 Å². The molecule has 0 aliphatic carbocycles. The van der Waals surface area contributed by atoms with Crippen molar-refractivity contribution in [3.8, 4) is 0 Å². The topological polar surface area (TPSA) is 71.4 Å². The number of hydrogen-bond acceptors (Lipinski definition) is 3. The second kappa shape index (κ2) is 3.51. The quantitative estimate of drug-likeness (QED) is 0.369. The third-order valence-electron chi connectivity index (χ3n) is 0. The monoisotopic (exact) mass is 160 g/mol. The zero-order valence-electron chi connectivity index (χ0n) is 4.05. The molecule has 34 valence electrons. The van der Waals surface area contributed by atoms with Crippen LogP contribution in [0.4, 0.5) is 0 Å². The van der Waals surface area contributed by atoms with E-state index >= 15 is 0 Å². The van der Waals surface area contributed by atoms with Crippen LogP contribution in [0.25, 0.3) is 0 Å². The Bertz CT molecular complexity index is 133. The summed E-state index contributed by atoms with van der Waals surface area (Å²) in [5.41, 5.74) is 0. The van der Waals surface area contributed by atoms with Gasteiger partial charge in [0.2, 0.25) is 0 Å². The molecule has 0 saturated heterocycles. The second-order valence-electron chi connectivity index (χ2n) is 0.396. The van der Waals surface area contributed by atoms with E-state index in [0.717, 1.165) is 0 Å². The maximum atomic E-state index is 8.69. The van der Waals surface area contributed by atoms with Gasteiger partial charge in [0.25, 0.3) is 0 Å². The van der Waals surface area contributed by atoms with E-state index in [2.05, 4.69) is 0 Å². The normalized spacial score (nSPS) is 9.50. The predicted molar refractivity (Wildman–Crippen MR) is 5.39 cm³/mol. The summed E-state index contributed by atoms with van der Waals surface area (Å²) in [6, 6.07) is 0. The van der Waals surface area contributed by atoms with Crippen molar-refractivity contribution in [2.45, 2.75) is 0 Å². The van der Waals surface area contributed by atoms with E-state index in [9.17, 15) is 0 Å². The third-order valence-corrected chi connectivity index (χ3v) is 0. The summed E-state index contributed by atoms with van der Waals surface area (Å²) in [4.78, 5) is 0. The van der Waals surface area contributed by atoms with Crippen molar-refractivity contribution in [3.05, 3.63) is 0 Å². The Labute approximate surface area is 80.0 Å². The minimum absolute atomic E-state index is 0. The molecule has 0 rings (SSSR count). The van der Waals surface area contributed by atoms with E-state index in [1.54, 1.807) is 0 Å². The molecule has 0 amide bonds. The fraction of sp³-hybridized carbons (Fsp3) is 0. The first-order valence-corrected chi connectivity index (χ1v) is 2.61. The second-order valence-corrected chi connectivity index (χ2v) is 1.63. The average molecular weight is 160 g/mol. The Morgan fingerprint density at radius 2 is 1.33 bits per heavy atom. The summed E-state index contributed by atoms with van der Waals surface area (Å²) in [6.45, 7) is 0. The van der Waals surface area contributed by atoms with Gasteiger partial charge in [0.1, 0.15) is 0 Å². The molecule has 0 aromatic rings. The van der Waals surface area contributed by atoms with Gasteiger partial charge in [-0.3, -0.25) is 0 Å². The first-order chi connectivity index (χ1) is 2.00. The van der Waals surface area contributed by atoms with Crippen LogP contribution in [0.15, 0.2) is 0 Å². The first-order valence-electron chi connectivity index (χ1n) is 0.632. The van der Waals surface area contributed by atoms with Gasteiger partial charge in [-0.1, -0.05) is 0 Å². The van der Waals surface area contributed by atoms with Crippen LogP contribution < -0.4 is 51.4 Å². The van der Waals surface area contributed by atoms with Crippen molar-refractivity contribution in [1.82, 2.24) is 0 Å². The van der Waals surface area contributed by atoms with Gasteiger partial charge in [0, 0.05) is 0 Å². The van der Waals surface area contributed by atoms with Crippen LogP contribution >= 0.6 is 0 Å². The summed E-state index contributed by atoms with van der Waals surface area (Å²) < 4.78 is 33.1. The van der Waals surface area contributed by atoms with E-state index in [-0.39, 0.29) is 52.8 Å². The van der Waals surface area contributed by atoms with Crippen molar-refractivity contribution in [2.24, 2.45) is 0 Å². The van der Waals surface area contributed by atoms with Crippen LogP contribution in [0, 0.1) is 0 Å². The fourth-order valence-electron chi connectivity index (χ4n) is 0. The van der Waals surface area contributed by atoms with Gasteiger partial charge in [-0.25, -0.2) is 0 Å². The summed E-state index contributed by atoms with van der Waals surface area (Å²) >= 11 is -5.38. The molecule has 6 heavy (non-hydrogen) atoms. The summed E-state index contributed by atoms with van der Waals surface area (Å²) in [6.07, 6.45) is 0. The molecule has 0 spiro atoms. The minimum atomic E-state index is -5.38. The molecule has 4 nitrogen and oxygen atoms in total. The number of hydrogen-bond donors (Lipinski definition) is 1. The Balaban J connectivity index is -0.0000000800. The molecule has 0 radical (unpaired) electrons. The van der Waals surface area contributed by atoms with Crippen molar-refractivity contribution in [1.29, 1.82) is 0 Å². The zero-order valence-corrected chi connectivity index (χ0v) is 7.35. The van der Waals surface area contributed by atoms with E-state index in [1.807, 2.05) is 0 Å². The van der Waals surface area contributed by atoms with Crippen molar-refractivity contribution < 1.29 is 81.5 Å². The molecule has 0 atom stereocenters. The molecular weight excluding hydrogens is 158 g/mol. The molecule has 0 aromatic carbocycles. The Hall–Kier alpha value is 1.52. The van der Waals surface area contributed by atoms with Gasteiger partial charge in [-0.15, -0.1) is 0 Å². The SMILES string of the molecule is [H-].[K+].[O]=[Mn](=[O])(=[O])[OH]. The van der Waals surface area contributed by atoms with Gasteiger partial charge in [-0.2, -0.15) is 0 Å². The van der Waals surface area contributed by atoms with Gasteiger partial charge < -0.3 is 1.43 Å². The van der Waals surface area contributed by atoms with Crippen LogP contribution in [-0.2, 0) is 24.5 Å². The van der Waals surface area contributed by atoms with Crippen molar-refractivity contribution >= 4 is 0 Å². The van der Waals surface area contributed by atoms with Crippen molar-refractivity contribution in [3.63, 3.8) is 0 Å². The van der Waals surface area contributed by atoms with E-state index < -0.39 is 13.0 Å². The standard InChI is InChI=1S/K.Mn.H2O.3O.H/h;;1H2;;;;/q2*+1;;;;;-1/p-1. The average Bonchev–Trinajstić information content (AvgIpc) is 0.722. The van der Waals surface area contributed by atoms with Gasteiger partial charge >= 0.3 is 80.0 Å². The molecule has 1 N–H and O–H groups in total.